The van der Waals surface area contributed by atoms with Crippen molar-refractivity contribution < 1.29 is 18.3 Å². The van der Waals surface area contributed by atoms with E-state index in [1.165, 1.54) is 13.3 Å². The highest BCUT2D eigenvalue weighted by Crippen LogP contribution is 2.36. The van der Waals surface area contributed by atoms with E-state index in [1.807, 2.05) is 24.3 Å². The van der Waals surface area contributed by atoms with E-state index in [0.717, 1.165) is 0 Å². The number of carbonyl (C=O) groups is 1. The van der Waals surface area contributed by atoms with Gasteiger partial charge in [0.2, 0.25) is 0 Å². The first-order chi connectivity index (χ1) is 11.6. The SMILES string of the molecule is COC(=O)c1c(C(F)F)cn(-c2ccccc2)c1-c1ccccc1. The fraction of sp³-hybridized carbons (Fsp3) is 0.105. The van der Waals surface area contributed by atoms with E-state index in [2.05, 4.69) is 0 Å². The number of carbonyl (C=O) groups excluding carboxylic acids is 1. The predicted molar refractivity (Wildman–Crippen MR) is 87.5 cm³/mol. The number of hydrogen-bond acceptors (Lipinski definition) is 2. The highest BCUT2D eigenvalue weighted by Gasteiger charge is 2.28. The van der Waals surface area contributed by atoms with Crippen molar-refractivity contribution in [3.63, 3.8) is 0 Å². The molecule has 0 N–H and O–H groups in total. The summed E-state index contributed by atoms with van der Waals surface area (Å²) in [6, 6.07) is 18.0. The van der Waals surface area contributed by atoms with E-state index < -0.39 is 12.4 Å². The van der Waals surface area contributed by atoms with Crippen LogP contribution < -0.4 is 0 Å². The van der Waals surface area contributed by atoms with Crippen molar-refractivity contribution in [1.82, 2.24) is 4.57 Å². The van der Waals surface area contributed by atoms with Crippen LogP contribution in [0.25, 0.3) is 16.9 Å². The van der Waals surface area contributed by atoms with Gasteiger partial charge in [0.05, 0.1) is 23.9 Å². The number of hydrogen-bond donors (Lipinski definition) is 0. The Bertz CT molecular complexity index is 843. The molecule has 0 aliphatic rings. The van der Waals surface area contributed by atoms with Crippen molar-refractivity contribution in [2.24, 2.45) is 0 Å². The van der Waals surface area contributed by atoms with Gasteiger partial charge >= 0.3 is 5.97 Å². The second kappa shape index (κ2) is 6.66. The molecule has 2 aromatic carbocycles. The van der Waals surface area contributed by atoms with Gasteiger partial charge in [0.25, 0.3) is 6.43 Å². The number of rotatable bonds is 4. The largest absolute Gasteiger partial charge is 0.465 e. The molecule has 0 aliphatic heterocycles. The maximum atomic E-state index is 13.5. The van der Waals surface area contributed by atoms with E-state index in [4.69, 9.17) is 4.74 Å². The molecule has 1 aromatic heterocycles. The standard InChI is InChI=1S/C19H15F2NO2/c1-24-19(23)16-15(18(20)21)12-22(14-10-6-3-7-11-14)17(16)13-8-4-2-5-9-13/h2-12,18H,1H3. The molecule has 0 unspecified atom stereocenters. The lowest BCUT2D eigenvalue weighted by atomic mass is 10.0. The maximum Gasteiger partial charge on any atom is 0.340 e. The molecule has 5 heteroatoms. The third kappa shape index (κ3) is 2.80. The highest BCUT2D eigenvalue weighted by atomic mass is 19.3. The van der Waals surface area contributed by atoms with Crippen LogP contribution in [0.2, 0.25) is 0 Å². The summed E-state index contributed by atoms with van der Waals surface area (Å²) in [4.78, 5) is 12.2. The van der Waals surface area contributed by atoms with Crippen LogP contribution in [-0.2, 0) is 4.74 Å². The van der Waals surface area contributed by atoms with Gasteiger partial charge in [-0.2, -0.15) is 0 Å². The Morgan fingerprint density at radius 2 is 1.58 bits per heavy atom. The number of aromatic nitrogens is 1. The minimum Gasteiger partial charge on any atom is -0.465 e. The van der Waals surface area contributed by atoms with E-state index in [1.54, 1.807) is 41.0 Å². The van der Waals surface area contributed by atoms with E-state index in [-0.39, 0.29) is 11.1 Å². The Balaban J connectivity index is 2.35. The molecule has 0 aliphatic carbocycles. The molecular weight excluding hydrogens is 312 g/mol. The van der Waals surface area contributed by atoms with Gasteiger partial charge in [-0.3, -0.25) is 0 Å². The topological polar surface area (TPSA) is 31.2 Å². The number of nitrogens with zero attached hydrogens (tertiary/aromatic N) is 1. The van der Waals surface area contributed by atoms with Crippen LogP contribution in [0.15, 0.2) is 66.9 Å². The summed E-state index contributed by atoms with van der Waals surface area (Å²) in [6.07, 6.45) is -1.49. The van der Waals surface area contributed by atoms with Crippen molar-refractivity contribution in [3.8, 4) is 16.9 Å². The molecule has 0 atom stereocenters. The van der Waals surface area contributed by atoms with Gasteiger partial charge < -0.3 is 9.30 Å². The van der Waals surface area contributed by atoms with Crippen molar-refractivity contribution in [3.05, 3.63) is 78.0 Å². The summed E-state index contributed by atoms with van der Waals surface area (Å²) in [5.74, 6) is -0.779. The van der Waals surface area contributed by atoms with Gasteiger partial charge in [0, 0.05) is 11.9 Å². The molecule has 0 radical (unpaired) electrons. The first-order valence-electron chi connectivity index (χ1n) is 7.36. The molecule has 0 spiro atoms. The zero-order valence-corrected chi connectivity index (χ0v) is 12.9. The van der Waals surface area contributed by atoms with Gasteiger partial charge in [-0.1, -0.05) is 48.5 Å². The lowest BCUT2D eigenvalue weighted by Crippen LogP contribution is -2.06. The van der Waals surface area contributed by atoms with Crippen LogP contribution in [-0.4, -0.2) is 17.6 Å². The zero-order chi connectivity index (χ0) is 17.1. The van der Waals surface area contributed by atoms with Gasteiger partial charge in [0.15, 0.2) is 0 Å². The summed E-state index contributed by atoms with van der Waals surface area (Å²) in [6.45, 7) is 0. The molecular formula is C19H15F2NO2. The van der Waals surface area contributed by atoms with Crippen molar-refractivity contribution in [2.45, 2.75) is 6.43 Å². The average molecular weight is 327 g/mol. The monoisotopic (exact) mass is 327 g/mol. The Kier molecular flexibility index (Phi) is 4.42. The number of alkyl halides is 2. The molecule has 0 saturated heterocycles. The fourth-order valence-electron chi connectivity index (χ4n) is 2.68. The number of para-hydroxylation sites is 1. The van der Waals surface area contributed by atoms with Crippen LogP contribution >= 0.6 is 0 Å². The van der Waals surface area contributed by atoms with Crippen LogP contribution in [0, 0.1) is 0 Å². The highest BCUT2D eigenvalue weighted by molar-refractivity contribution is 5.99. The van der Waals surface area contributed by atoms with E-state index in [0.29, 0.717) is 16.9 Å². The minimum atomic E-state index is -2.79. The summed E-state index contributed by atoms with van der Waals surface area (Å²) in [7, 11) is 1.19. The summed E-state index contributed by atoms with van der Waals surface area (Å²) < 4.78 is 33.4. The van der Waals surface area contributed by atoms with E-state index >= 15 is 0 Å². The van der Waals surface area contributed by atoms with Gasteiger partial charge in [0.1, 0.15) is 0 Å². The molecule has 0 bridgehead atoms. The Morgan fingerprint density at radius 3 is 2.12 bits per heavy atom. The molecule has 1 heterocycles. The minimum absolute atomic E-state index is 0.109. The lowest BCUT2D eigenvalue weighted by Gasteiger charge is -2.11. The smallest absolute Gasteiger partial charge is 0.340 e. The van der Waals surface area contributed by atoms with Gasteiger partial charge in [-0.15, -0.1) is 0 Å². The predicted octanol–water partition coefficient (Wildman–Crippen LogP) is 4.87. The Labute approximate surface area is 138 Å². The van der Waals surface area contributed by atoms with Crippen molar-refractivity contribution in [2.75, 3.05) is 7.11 Å². The normalized spacial score (nSPS) is 10.8. The van der Waals surface area contributed by atoms with Crippen LogP contribution in [0.5, 0.6) is 0 Å². The zero-order valence-electron chi connectivity index (χ0n) is 12.9. The number of ether oxygens (including phenoxy) is 1. The van der Waals surface area contributed by atoms with Crippen molar-refractivity contribution >= 4 is 5.97 Å². The Morgan fingerprint density at radius 1 is 1.00 bits per heavy atom. The quantitative estimate of drug-likeness (QED) is 0.640. The lowest BCUT2D eigenvalue weighted by molar-refractivity contribution is 0.0591. The number of halogens is 2. The fourth-order valence-corrected chi connectivity index (χ4v) is 2.68. The summed E-state index contributed by atoms with van der Waals surface area (Å²) >= 11 is 0. The molecule has 122 valence electrons. The molecule has 0 amide bonds. The number of methoxy groups -OCH3 is 1. The molecule has 3 rings (SSSR count). The summed E-state index contributed by atoms with van der Waals surface area (Å²) in [5.41, 5.74) is 1.29. The first-order valence-corrected chi connectivity index (χ1v) is 7.36. The van der Waals surface area contributed by atoms with E-state index in [9.17, 15) is 13.6 Å². The van der Waals surface area contributed by atoms with Crippen molar-refractivity contribution in [1.29, 1.82) is 0 Å². The molecule has 0 saturated carbocycles. The molecule has 3 nitrogen and oxygen atoms in total. The van der Waals surface area contributed by atoms with Gasteiger partial charge in [-0.25, -0.2) is 13.6 Å². The number of benzene rings is 2. The third-order valence-electron chi connectivity index (χ3n) is 3.74. The first kappa shape index (κ1) is 15.9. The maximum absolute atomic E-state index is 13.5. The number of esters is 1. The van der Waals surface area contributed by atoms with Crippen LogP contribution in [0.4, 0.5) is 8.78 Å². The second-order valence-corrected chi connectivity index (χ2v) is 5.17. The molecule has 0 fully saturated rings. The van der Waals surface area contributed by atoms with Gasteiger partial charge in [-0.05, 0) is 17.7 Å². The van der Waals surface area contributed by atoms with Crippen LogP contribution in [0.1, 0.15) is 22.3 Å². The van der Waals surface area contributed by atoms with Crippen LogP contribution in [0.3, 0.4) is 0 Å². The third-order valence-corrected chi connectivity index (χ3v) is 3.74. The average Bonchev–Trinajstić information content (AvgIpc) is 3.03. The Hall–Kier alpha value is -2.95. The molecule has 24 heavy (non-hydrogen) atoms. The molecule has 3 aromatic rings. The summed E-state index contributed by atoms with van der Waals surface area (Å²) in [5, 5.41) is 0. The second-order valence-electron chi connectivity index (χ2n) is 5.17.